The van der Waals surface area contributed by atoms with E-state index in [1.165, 1.54) is 32.1 Å². The van der Waals surface area contributed by atoms with Crippen molar-refractivity contribution in [2.75, 3.05) is 23.3 Å². The van der Waals surface area contributed by atoms with Crippen LogP contribution < -0.4 is 10.2 Å². The van der Waals surface area contributed by atoms with Gasteiger partial charge in [-0.25, -0.2) is 9.97 Å². The van der Waals surface area contributed by atoms with E-state index in [0.29, 0.717) is 17.5 Å². The molecule has 0 bridgehead atoms. The molecule has 6 nitrogen and oxygen atoms in total. The van der Waals surface area contributed by atoms with Gasteiger partial charge in [-0.3, -0.25) is 4.79 Å². The molecular weight excluding hydrogens is 376 g/mol. The maximum absolute atomic E-state index is 11.7. The summed E-state index contributed by atoms with van der Waals surface area (Å²) in [6.07, 6.45) is 6.90. The molecule has 30 heavy (non-hydrogen) atoms. The summed E-state index contributed by atoms with van der Waals surface area (Å²) in [6.45, 7) is 6.23. The number of hydrogen-bond donors (Lipinski definition) is 2. The fraction of sp³-hybridized carbons (Fsp3) is 0.542. The van der Waals surface area contributed by atoms with Gasteiger partial charge in [-0.1, -0.05) is 31.9 Å². The van der Waals surface area contributed by atoms with Crippen molar-refractivity contribution >= 4 is 17.4 Å². The number of aryl methyl sites for hydroxylation is 1. The highest BCUT2D eigenvalue weighted by atomic mass is 16.3. The lowest BCUT2D eigenvalue weighted by atomic mass is 9.71. The Kier molecular flexibility index (Phi) is 4.77. The first-order valence-corrected chi connectivity index (χ1v) is 11.2. The van der Waals surface area contributed by atoms with Crippen LogP contribution in [-0.4, -0.2) is 34.1 Å². The molecule has 1 saturated heterocycles. The van der Waals surface area contributed by atoms with E-state index in [2.05, 4.69) is 17.1 Å². The van der Waals surface area contributed by atoms with Gasteiger partial charge in [-0.2, -0.15) is 0 Å². The summed E-state index contributed by atoms with van der Waals surface area (Å²) >= 11 is 0. The van der Waals surface area contributed by atoms with Gasteiger partial charge in [-0.15, -0.1) is 0 Å². The van der Waals surface area contributed by atoms with E-state index >= 15 is 0 Å². The van der Waals surface area contributed by atoms with Crippen LogP contribution in [-0.2, 0) is 17.8 Å². The smallest absolute Gasteiger partial charge is 0.228 e. The van der Waals surface area contributed by atoms with E-state index in [-0.39, 0.29) is 12.5 Å². The highest BCUT2D eigenvalue weighted by Crippen LogP contribution is 2.50. The van der Waals surface area contributed by atoms with Gasteiger partial charge in [-0.05, 0) is 49.1 Å². The third-order valence-electron chi connectivity index (χ3n) is 7.70. The number of amides is 1. The van der Waals surface area contributed by atoms with Crippen molar-refractivity contribution in [3.8, 4) is 11.3 Å². The molecule has 3 aliphatic rings. The normalized spacial score (nSPS) is 22.4. The van der Waals surface area contributed by atoms with Crippen LogP contribution in [0.4, 0.5) is 11.5 Å². The first-order chi connectivity index (χ1) is 14.5. The van der Waals surface area contributed by atoms with Gasteiger partial charge in [0.2, 0.25) is 5.91 Å². The molecule has 3 heterocycles. The van der Waals surface area contributed by atoms with Crippen LogP contribution in [0.5, 0.6) is 0 Å². The van der Waals surface area contributed by atoms with Gasteiger partial charge < -0.3 is 15.3 Å². The number of aliphatic hydroxyl groups is 1. The Balaban J connectivity index is 1.43. The molecular formula is C24H30N4O2. The van der Waals surface area contributed by atoms with Crippen molar-refractivity contribution in [1.29, 1.82) is 0 Å². The van der Waals surface area contributed by atoms with Gasteiger partial charge in [0, 0.05) is 24.3 Å². The predicted octanol–water partition coefficient (Wildman–Crippen LogP) is 3.85. The maximum Gasteiger partial charge on any atom is 0.228 e. The van der Waals surface area contributed by atoms with Gasteiger partial charge in [0.05, 0.1) is 24.4 Å². The van der Waals surface area contributed by atoms with Gasteiger partial charge in [0.25, 0.3) is 0 Å². The Morgan fingerprint density at radius 1 is 1.23 bits per heavy atom. The second-order valence-corrected chi connectivity index (χ2v) is 9.33. The highest BCUT2D eigenvalue weighted by Gasteiger charge is 2.42. The molecule has 6 heteroatoms. The molecule has 0 unspecified atom stereocenters. The van der Waals surface area contributed by atoms with Gasteiger partial charge >= 0.3 is 0 Å². The lowest BCUT2D eigenvalue weighted by Crippen LogP contribution is -2.42. The standard InChI is InChI=1S/C24H30N4O2/c1-15-4-3-7-24(15)8-10-28(11-9-24)23-20(14-29)27-22(16(2)25-23)18-6-5-17-13-21(30)26-19(17)12-18/h5-6,12,15,29H,3-4,7-11,13-14H2,1-2H3,(H,26,30)/t15-/m1/s1. The minimum absolute atomic E-state index is 0.0239. The van der Waals surface area contributed by atoms with Crippen molar-refractivity contribution in [2.24, 2.45) is 11.3 Å². The molecule has 2 aliphatic heterocycles. The summed E-state index contributed by atoms with van der Waals surface area (Å²) in [5, 5.41) is 13.0. The van der Waals surface area contributed by atoms with E-state index in [0.717, 1.165) is 53.0 Å². The molecule has 2 fully saturated rings. The Morgan fingerprint density at radius 3 is 2.73 bits per heavy atom. The summed E-state index contributed by atoms with van der Waals surface area (Å²) in [7, 11) is 0. The van der Waals surface area contributed by atoms with Crippen molar-refractivity contribution in [3.05, 3.63) is 35.2 Å². The first kappa shape index (κ1) is 19.5. The molecule has 0 radical (unpaired) electrons. The molecule has 1 saturated carbocycles. The number of aromatic nitrogens is 2. The number of aliphatic hydroxyl groups excluding tert-OH is 1. The fourth-order valence-corrected chi connectivity index (χ4v) is 5.76. The second kappa shape index (κ2) is 7.34. The number of carbonyl (C=O) groups is 1. The van der Waals surface area contributed by atoms with E-state index in [1.807, 2.05) is 25.1 Å². The molecule has 2 N–H and O–H groups in total. The number of rotatable bonds is 3. The summed E-state index contributed by atoms with van der Waals surface area (Å²) in [5.74, 6) is 1.66. The van der Waals surface area contributed by atoms with Crippen molar-refractivity contribution in [2.45, 2.75) is 59.0 Å². The minimum Gasteiger partial charge on any atom is -0.390 e. The molecule has 1 aliphatic carbocycles. The van der Waals surface area contributed by atoms with Crippen molar-refractivity contribution < 1.29 is 9.90 Å². The summed E-state index contributed by atoms with van der Waals surface area (Å²) in [6, 6.07) is 5.93. The zero-order chi connectivity index (χ0) is 20.9. The van der Waals surface area contributed by atoms with Crippen LogP contribution >= 0.6 is 0 Å². The van der Waals surface area contributed by atoms with Crippen LogP contribution in [0.15, 0.2) is 18.2 Å². The van der Waals surface area contributed by atoms with Crippen LogP contribution in [0.1, 0.15) is 56.0 Å². The topological polar surface area (TPSA) is 78.3 Å². The van der Waals surface area contributed by atoms with Crippen LogP contribution in [0.25, 0.3) is 11.3 Å². The maximum atomic E-state index is 11.7. The van der Waals surface area contributed by atoms with E-state index in [1.54, 1.807) is 0 Å². The number of anilines is 2. The van der Waals surface area contributed by atoms with Crippen molar-refractivity contribution in [3.63, 3.8) is 0 Å². The first-order valence-electron chi connectivity index (χ1n) is 11.2. The van der Waals surface area contributed by atoms with E-state index in [9.17, 15) is 9.90 Å². The van der Waals surface area contributed by atoms with Crippen molar-refractivity contribution in [1.82, 2.24) is 9.97 Å². The quantitative estimate of drug-likeness (QED) is 0.810. The summed E-state index contributed by atoms with van der Waals surface area (Å²) in [4.78, 5) is 23.7. The number of fused-ring (bicyclic) bond motifs is 1. The molecule has 2 aromatic rings. The largest absolute Gasteiger partial charge is 0.390 e. The third kappa shape index (κ3) is 3.18. The van der Waals surface area contributed by atoms with Gasteiger partial charge in [0.15, 0.2) is 5.82 Å². The minimum atomic E-state index is -0.130. The van der Waals surface area contributed by atoms with E-state index < -0.39 is 0 Å². The number of nitrogens with one attached hydrogen (secondary N) is 1. The third-order valence-corrected chi connectivity index (χ3v) is 7.70. The Labute approximate surface area is 177 Å². The summed E-state index contributed by atoms with van der Waals surface area (Å²) in [5.41, 5.74) is 5.53. The molecule has 1 spiro atoms. The summed E-state index contributed by atoms with van der Waals surface area (Å²) < 4.78 is 0. The molecule has 1 aromatic carbocycles. The zero-order valence-electron chi connectivity index (χ0n) is 17.9. The highest BCUT2D eigenvalue weighted by molar-refractivity contribution is 5.99. The molecule has 158 valence electrons. The Bertz CT molecular complexity index is 995. The Hall–Kier alpha value is -2.47. The van der Waals surface area contributed by atoms with Gasteiger partial charge in [0.1, 0.15) is 5.69 Å². The predicted molar refractivity (Wildman–Crippen MR) is 117 cm³/mol. The molecule has 1 atom stereocenters. The number of carbonyl (C=O) groups excluding carboxylic acids is 1. The lowest BCUT2D eigenvalue weighted by molar-refractivity contribution is -0.115. The lowest BCUT2D eigenvalue weighted by Gasteiger charge is -2.43. The number of piperidine rings is 1. The van der Waals surface area contributed by atoms with Crippen LogP contribution in [0, 0.1) is 18.3 Å². The number of nitrogens with zero attached hydrogens (tertiary/aromatic N) is 3. The second-order valence-electron chi connectivity index (χ2n) is 9.33. The SMILES string of the molecule is Cc1nc(N2CCC3(CCC[C@H]3C)CC2)c(CO)nc1-c1ccc2c(c1)NC(=O)C2. The molecule has 1 aromatic heterocycles. The molecule has 5 rings (SSSR count). The zero-order valence-corrected chi connectivity index (χ0v) is 17.9. The molecule has 1 amide bonds. The number of hydrogen-bond acceptors (Lipinski definition) is 5. The average Bonchev–Trinajstić information content (AvgIpc) is 3.29. The van der Waals surface area contributed by atoms with Crippen LogP contribution in [0.3, 0.4) is 0 Å². The Morgan fingerprint density at radius 2 is 2.03 bits per heavy atom. The fourth-order valence-electron chi connectivity index (χ4n) is 5.76. The monoisotopic (exact) mass is 406 g/mol. The average molecular weight is 407 g/mol. The number of benzene rings is 1. The van der Waals surface area contributed by atoms with Crippen LogP contribution in [0.2, 0.25) is 0 Å². The van der Waals surface area contributed by atoms with E-state index in [4.69, 9.17) is 9.97 Å².